The van der Waals surface area contributed by atoms with E-state index in [4.69, 9.17) is 9.47 Å². The largest absolute Gasteiger partial charge is 0.475 e. The highest BCUT2D eigenvalue weighted by molar-refractivity contribution is 5.12. The van der Waals surface area contributed by atoms with Crippen molar-refractivity contribution >= 4 is 0 Å². The second-order valence-corrected chi connectivity index (χ2v) is 4.47. The first kappa shape index (κ1) is 12.1. The zero-order valence-corrected chi connectivity index (χ0v) is 10.3. The fourth-order valence-corrected chi connectivity index (χ4v) is 1.78. The van der Waals surface area contributed by atoms with Crippen LogP contribution in [0.4, 0.5) is 0 Å². The van der Waals surface area contributed by atoms with E-state index in [1.807, 2.05) is 13.8 Å². The molecule has 1 aromatic rings. The van der Waals surface area contributed by atoms with Gasteiger partial charge in [-0.2, -0.15) is 4.98 Å². The van der Waals surface area contributed by atoms with Crippen molar-refractivity contribution in [2.45, 2.75) is 38.8 Å². The Kier molecular flexibility index (Phi) is 4.14. The molecule has 5 nitrogen and oxygen atoms in total. The van der Waals surface area contributed by atoms with Crippen molar-refractivity contribution in [3.8, 4) is 11.8 Å². The van der Waals surface area contributed by atoms with Crippen LogP contribution in [0.3, 0.4) is 0 Å². The van der Waals surface area contributed by atoms with E-state index < -0.39 is 0 Å². The minimum atomic E-state index is 0.0936. The minimum absolute atomic E-state index is 0.0936. The molecule has 1 saturated heterocycles. The molecule has 1 aromatic heterocycles. The second-order valence-electron chi connectivity index (χ2n) is 4.47. The van der Waals surface area contributed by atoms with Crippen molar-refractivity contribution in [3.05, 3.63) is 12.4 Å². The SMILES string of the molecule is CC(C)Oc1cncc(OCC2CCCN2)n1. The lowest BCUT2D eigenvalue weighted by Crippen LogP contribution is -2.28. The van der Waals surface area contributed by atoms with Gasteiger partial charge in [-0.05, 0) is 33.2 Å². The summed E-state index contributed by atoms with van der Waals surface area (Å²) < 4.78 is 11.1. The van der Waals surface area contributed by atoms with Gasteiger partial charge in [0.2, 0.25) is 11.8 Å². The number of aromatic nitrogens is 2. The molecule has 5 heteroatoms. The number of nitrogens with one attached hydrogen (secondary N) is 1. The standard InChI is InChI=1S/C12H19N3O2/c1-9(2)17-12-7-13-6-11(15-12)16-8-10-4-3-5-14-10/h6-7,9-10,14H,3-5,8H2,1-2H3. The van der Waals surface area contributed by atoms with Gasteiger partial charge in [0.05, 0.1) is 18.5 Å². The minimum Gasteiger partial charge on any atom is -0.475 e. The monoisotopic (exact) mass is 237 g/mol. The third-order valence-electron chi connectivity index (χ3n) is 2.54. The molecule has 2 rings (SSSR count). The van der Waals surface area contributed by atoms with Gasteiger partial charge in [-0.3, -0.25) is 4.98 Å². The van der Waals surface area contributed by atoms with Gasteiger partial charge in [-0.15, -0.1) is 0 Å². The third-order valence-corrected chi connectivity index (χ3v) is 2.54. The van der Waals surface area contributed by atoms with Gasteiger partial charge in [-0.25, -0.2) is 0 Å². The summed E-state index contributed by atoms with van der Waals surface area (Å²) in [7, 11) is 0. The highest BCUT2D eigenvalue weighted by Gasteiger charge is 2.14. The Balaban J connectivity index is 1.86. The van der Waals surface area contributed by atoms with Gasteiger partial charge in [-0.1, -0.05) is 0 Å². The molecule has 94 valence electrons. The molecule has 0 bridgehead atoms. The predicted octanol–water partition coefficient (Wildman–Crippen LogP) is 1.39. The number of hydrogen-bond acceptors (Lipinski definition) is 5. The fraction of sp³-hybridized carbons (Fsp3) is 0.667. The molecule has 0 spiro atoms. The van der Waals surface area contributed by atoms with Gasteiger partial charge in [0.25, 0.3) is 0 Å². The zero-order valence-electron chi connectivity index (χ0n) is 10.3. The Morgan fingerprint density at radius 1 is 1.41 bits per heavy atom. The lowest BCUT2D eigenvalue weighted by atomic mass is 10.2. The van der Waals surface area contributed by atoms with Crippen LogP contribution in [0.1, 0.15) is 26.7 Å². The topological polar surface area (TPSA) is 56.3 Å². The molecule has 0 aliphatic carbocycles. The summed E-state index contributed by atoms with van der Waals surface area (Å²) in [6.07, 6.45) is 5.69. The first-order valence-electron chi connectivity index (χ1n) is 6.09. The normalized spacial score (nSPS) is 19.6. The second kappa shape index (κ2) is 5.82. The van der Waals surface area contributed by atoms with E-state index in [2.05, 4.69) is 15.3 Å². The first-order valence-corrected chi connectivity index (χ1v) is 6.09. The summed E-state index contributed by atoms with van der Waals surface area (Å²) in [5, 5.41) is 3.37. The van der Waals surface area contributed by atoms with E-state index in [0.29, 0.717) is 24.4 Å². The van der Waals surface area contributed by atoms with Crippen LogP contribution in [0.25, 0.3) is 0 Å². The number of rotatable bonds is 5. The third kappa shape index (κ3) is 3.85. The van der Waals surface area contributed by atoms with Crippen LogP contribution in [0.15, 0.2) is 12.4 Å². The van der Waals surface area contributed by atoms with Crippen molar-refractivity contribution in [1.82, 2.24) is 15.3 Å². The van der Waals surface area contributed by atoms with E-state index in [-0.39, 0.29) is 6.10 Å². The van der Waals surface area contributed by atoms with Crippen LogP contribution < -0.4 is 14.8 Å². The molecule has 1 atom stereocenters. The van der Waals surface area contributed by atoms with E-state index >= 15 is 0 Å². The van der Waals surface area contributed by atoms with E-state index in [1.165, 1.54) is 6.42 Å². The Bertz CT molecular complexity index is 351. The summed E-state index contributed by atoms with van der Waals surface area (Å²) in [6.45, 7) is 5.63. The molecule has 1 aliphatic rings. The average molecular weight is 237 g/mol. The van der Waals surface area contributed by atoms with Gasteiger partial charge in [0.15, 0.2) is 0 Å². The molecule has 1 unspecified atom stereocenters. The van der Waals surface area contributed by atoms with Crippen LogP contribution in [0.2, 0.25) is 0 Å². The molecule has 17 heavy (non-hydrogen) atoms. The summed E-state index contributed by atoms with van der Waals surface area (Å²) in [6, 6.07) is 0.437. The predicted molar refractivity (Wildman–Crippen MR) is 64.3 cm³/mol. The lowest BCUT2D eigenvalue weighted by Gasteiger charge is -2.12. The summed E-state index contributed by atoms with van der Waals surface area (Å²) in [5.74, 6) is 1.04. The molecule has 0 aromatic carbocycles. The molecule has 1 aliphatic heterocycles. The van der Waals surface area contributed by atoms with E-state index in [0.717, 1.165) is 13.0 Å². The molecule has 0 radical (unpaired) electrons. The van der Waals surface area contributed by atoms with Crippen molar-refractivity contribution < 1.29 is 9.47 Å². The first-order chi connectivity index (χ1) is 8.24. The summed E-state index contributed by atoms with van der Waals surface area (Å²) >= 11 is 0. The Labute approximate surface area is 102 Å². The number of ether oxygens (including phenoxy) is 2. The van der Waals surface area contributed by atoms with Crippen LogP contribution in [0, 0.1) is 0 Å². The maximum Gasteiger partial charge on any atom is 0.235 e. The maximum absolute atomic E-state index is 5.60. The van der Waals surface area contributed by atoms with E-state index in [1.54, 1.807) is 12.4 Å². The van der Waals surface area contributed by atoms with Gasteiger partial charge in [0, 0.05) is 6.04 Å². The van der Waals surface area contributed by atoms with Crippen molar-refractivity contribution in [1.29, 1.82) is 0 Å². The van der Waals surface area contributed by atoms with Crippen LogP contribution in [-0.4, -0.2) is 35.3 Å². The highest BCUT2D eigenvalue weighted by atomic mass is 16.5. The van der Waals surface area contributed by atoms with Crippen molar-refractivity contribution in [2.24, 2.45) is 0 Å². The van der Waals surface area contributed by atoms with Gasteiger partial charge >= 0.3 is 0 Å². The molecular formula is C12H19N3O2. The Hall–Kier alpha value is -1.36. The lowest BCUT2D eigenvalue weighted by molar-refractivity contribution is 0.221. The Morgan fingerprint density at radius 2 is 2.24 bits per heavy atom. The Morgan fingerprint density at radius 3 is 2.94 bits per heavy atom. The van der Waals surface area contributed by atoms with Crippen LogP contribution in [0.5, 0.6) is 11.8 Å². The zero-order chi connectivity index (χ0) is 12.1. The van der Waals surface area contributed by atoms with Crippen molar-refractivity contribution in [2.75, 3.05) is 13.2 Å². The fourth-order valence-electron chi connectivity index (χ4n) is 1.78. The summed E-state index contributed by atoms with van der Waals surface area (Å²) in [4.78, 5) is 8.29. The summed E-state index contributed by atoms with van der Waals surface area (Å²) in [5.41, 5.74) is 0. The van der Waals surface area contributed by atoms with E-state index in [9.17, 15) is 0 Å². The molecule has 0 saturated carbocycles. The van der Waals surface area contributed by atoms with Crippen LogP contribution >= 0.6 is 0 Å². The molecule has 2 heterocycles. The average Bonchev–Trinajstić information content (AvgIpc) is 2.79. The molecule has 0 amide bonds. The van der Waals surface area contributed by atoms with Gasteiger partial charge in [0.1, 0.15) is 6.61 Å². The smallest absolute Gasteiger partial charge is 0.235 e. The molecule has 1 fully saturated rings. The maximum atomic E-state index is 5.60. The highest BCUT2D eigenvalue weighted by Crippen LogP contribution is 2.14. The molecular weight excluding hydrogens is 218 g/mol. The number of hydrogen-bond donors (Lipinski definition) is 1. The van der Waals surface area contributed by atoms with Gasteiger partial charge < -0.3 is 14.8 Å². The number of nitrogens with zero attached hydrogens (tertiary/aromatic N) is 2. The molecule has 1 N–H and O–H groups in total. The quantitative estimate of drug-likeness (QED) is 0.838. The van der Waals surface area contributed by atoms with Crippen LogP contribution in [-0.2, 0) is 0 Å². The van der Waals surface area contributed by atoms with Crippen molar-refractivity contribution in [3.63, 3.8) is 0 Å².